The minimum Gasteiger partial charge on any atom is -0.383 e. The zero-order valence-electron chi connectivity index (χ0n) is 15.8. The first kappa shape index (κ1) is 20.6. The van der Waals surface area contributed by atoms with E-state index in [2.05, 4.69) is 5.32 Å². The topological polar surface area (TPSA) is 58.6 Å². The molecule has 5 nitrogen and oxygen atoms in total. The smallest absolute Gasteiger partial charge is 0.383 e. The molecule has 0 spiro atoms. The monoisotopic (exact) mass is 404 g/mol. The molecule has 0 aliphatic carbocycles. The van der Waals surface area contributed by atoms with Crippen LogP contribution in [-0.2, 0) is 20.5 Å². The number of carbonyl (C=O) groups is 2. The van der Waals surface area contributed by atoms with E-state index in [0.29, 0.717) is 5.56 Å². The van der Waals surface area contributed by atoms with Gasteiger partial charge in [0.2, 0.25) is 0 Å². The lowest BCUT2D eigenvalue weighted by molar-refractivity contribution is -0.138. The van der Waals surface area contributed by atoms with Crippen molar-refractivity contribution in [3.8, 4) is 0 Å². The van der Waals surface area contributed by atoms with Gasteiger partial charge in [-0.15, -0.1) is 0 Å². The minimum atomic E-state index is -4.52. The lowest BCUT2D eigenvalue weighted by Crippen LogP contribution is -2.35. The van der Waals surface area contributed by atoms with Gasteiger partial charge in [0.05, 0.1) is 24.3 Å². The maximum Gasteiger partial charge on any atom is 0.416 e. The number of anilines is 1. The fourth-order valence-corrected chi connectivity index (χ4v) is 2.98. The Morgan fingerprint density at radius 1 is 1.03 bits per heavy atom. The molecule has 152 valence electrons. The Hall–Kier alpha value is -3.13. The van der Waals surface area contributed by atoms with Gasteiger partial charge in [0.1, 0.15) is 5.70 Å². The average Bonchev–Trinajstić information content (AvgIpc) is 2.90. The molecule has 0 bridgehead atoms. The molecule has 0 atom stereocenters. The number of aryl methyl sites for hydroxylation is 1. The molecule has 2 aromatic carbocycles. The number of carbonyl (C=O) groups excluding carboxylic acids is 2. The molecule has 0 fully saturated rings. The number of alkyl halides is 3. The van der Waals surface area contributed by atoms with Crippen LogP contribution in [0, 0.1) is 6.92 Å². The molecule has 0 saturated carbocycles. The van der Waals surface area contributed by atoms with Gasteiger partial charge >= 0.3 is 6.18 Å². The first-order chi connectivity index (χ1) is 13.7. The molecule has 1 aliphatic rings. The van der Waals surface area contributed by atoms with Crippen LogP contribution in [0.15, 0.2) is 54.2 Å². The summed E-state index contributed by atoms with van der Waals surface area (Å²) in [6.45, 7) is 2.07. The number of imide groups is 1. The Balaban J connectivity index is 2.04. The van der Waals surface area contributed by atoms with Crippen molar-refractivity contribution < 1.29 is 27.5 Å². The van der Waals surface area contributed by atoms with Crippen LogP contribution in [0.4, 0.5) is 18.9 Å². The molecule has 1 N–H and O–H groups in total. The summed E-state index contributed by atoms with van der Waals surface area (Å²) in [6, 6.07) is 11.5. The van der Waals surface area contributed by atoms with Crippen molar-refractivity contribution in [2.24, 2.45) is 0 Å². The average molecular weight is 404 g/mol. The van der Waals surface area contributed by atoms with Gasteiger partial charge in [-0.05, 0) is 30.7 Å². The van der Waals surface area contributed by atoms with Crippen molar-refractivity contribution in [3.63, 3.8) is 0 Å². The standard InChI is InChI=1S/C21H19F3N2O3/c1-13-6-8-14(9-7-13)17-18(20(28)26(19(17)27)10-11-29-2)25-16-5-3-4-15(12-16)21(22,23)24/h3-9,12,25H,10-11H2,1-2H3. The number of halogens is 3. The third-order valence-corrected chi connectivity index (χ3v) is 4.49. The molecule has 2 aromatic rings. The molecule has 0 unspecified atom stereocenters. The first-order valence-corrected chi connectivity index (χ1v) is 8.83. The molecule has 3 rings (SSSR count). The largest absolute Gasteiger partial charge is 0.416 e. The van der Waals surface area contributed by atoms with Crippen LogP contribution < -0.4 is 5.32 Å². The number of amides is 2. The summed E-state index contributed by atoms with van der Waals surface area (Å²) in [5.41, 5.74) is 0.734. The number of benzene rings is 2. The van der Waals surface area contributed by atoms with E-state index in [-0.39, 0.29) is 30.1 Å². The van der Waals surface area contributed by atoms with Gasteiger partial charge < -0.3 is 10.1 Å². The zero-order chi connectivity index (χ0) is 21.2. The predicted octanol–water partition coefficient (Wildman–Crippen LogP) is 3.85. The Morgan fingerprint density at radius 2 is 1.72 bits per heavy atom. The van der Waals surface area contributed by atoms with Crippen LogP contribution in [0.3, 0.4) is 0 Å². The van der Waals surface area contributed by atoms with E-state index < -0.39 is 23.6 Å². The Morgan fingerprint density at radius 3 is 2.34 bits per heavy atom. The number of hydrogen-bond acceptors (Lipinski definition) is 4. The summed E-state index contributed by atoms with van der Waals surface area (Å²) in [7, 11) is 1.45. The van der Waals surface area contributed by atoms with Crippen LogP contribution in [0.1, 0.15) is 16.7 Å². The summed E-state index contributed by atoms with van der Waals surface area (Å²) < 4.78 is 44.0. The van der Waals surface area contributed by atoms with Crippen LogP contribution in [0.25, 0.3) is 5.57 Å². The summed E-state index contributed by atoms with van der Waals surface area (Å²) in [6.07, 6.45) is -4.52. The van der Waals surface area contributed by atoms with E-state index in [0.717, 1.165) is 22.6 Å². The Labute approximate surface area is 165 Å². The molecule has 0 radical (unpaired) electrons. The predicted molar refractivity (Wildman–Crippen MR) is 102 cm³/mol. The number of rotatable bonds is 6. The van der Waals surface area contributed by atoms with E-state index >= 15 is 0 Å². The summed E-state index contributed by atoms with van der Waals surface area (Å²) in [5.74, 6) is -1.13. The first-order valence-electron chi connectivity index (χ1n) is 8.83. The molecule has 29 heavy (non-hydrogen) atoms. The van der Waals surface area contributed by atoms with Crippen molar-refractivity contribution in [2.75, 3.05) is 25.6 Å². The van der Waals surface area contributed by atoms with Crippen LogP contribution in [0.2, 0.25) is 0 Å². The second-order valence-corrected chi connectivity index (χ2v) is 6.57. The van der Waals surface area contributed by atoms with Crippen LogP contribution in [-0.4, -0.2) is 37.0 Å². The second kappa shape index (κ2) is 8.08. The van der Waals surface area contributed by atoms with Gasteiger partial charge in [0.25, 0.3) is 11.8 Å². The van der Waals surface area contributed by atoms with Gasteiger partial charge in [-0.25, -0.2) is 0 Å². The Kier molecular flexibility index (Phi) is 5.74. The fraction of sp³-hybridized carbons (Fsp3) is 0.238. The number of nitrogens with zero attached hydrogens (tertiary/aromatic N) is 1. The highest BCUT2D eigenvalue weighted by molar-refractivity contribution is 6.36. The number of ether oxygens (including phenoxy) is 1. The molecule has 8 heteroatoms. The van der Waals surface area contributed by atoms with Crippen molar-refractivity contribution in [3.05, 3.63) is 70.9 Å². The van der Waals surface area contributed by atoms with Crippen molar-refractivity contribution in [1.29, 1.82) is 0 Å². The quantitative estimate of drug-likeness (QED) is 0.743. The number of methoxy groups -OCH3 is 1. The second-order valence-electron chi connectivity index (χ2n) is 6.57. The van der Waals surface area contributed by atoms with E-state index in [1.54, 1.807) is 24.3 Å². The van der Waals surface area contributed by atoms with Crippen LogP contribution in [0.5, 0.6) is 0 Å². The zero-order valence-corrected chi connectivity index (χ0v) is 15.8. The maximum absolute atomic E-state index is 13.0. The third kappa shape index (κ3) is 4.32. The van der Waals surface area contributed by atoms with Crippen molar-refractivity contribution in [2.45, 2.75) is 13.1 Å². The van der Waals surface area contributed by atoms with Crippen molar-refractivity contribution in [1.82, 2.24) is 4.90 Å². The molecule has 1 heterocycles. The minimum absolute atomic E-state index is 0.0390. The normalized spacial score (nSPS) is 14.7. The van der Waals surface area contributed by atoms with E-state index in [4.69, 9.17) is 4.74 Å². The molecule has 0 saturated heterocycles. The summed E-state index contributed by atoms with van der Waals surface area (Å²) in [4.78, 5) is 26.8. The molecule has 0 aromatic heterocycles. The van der Waals surface area contributed by atoms with E-state index in [1.165, 1.54) is 19.2 Å². The molecular weight excluding hydrogens is 385 g/mol. The molecule has 2 amide bonds. The SMILES string of the molecule is COCCN1C(=O)C(Nc2cccc(C(F)(F)F)c2)=C(c2ccc(C)cc2)C1=O. The maximum atomic E-state index is 13.0. The van der Waals surface area contributed by atoms with E-state index in [1.807, 2.05) is 6.92 Å². The third-order valence-electron chi connectivity index (χ3n) is 4.49. The highest BCUT2D eigenvalue weighted by Gasteiger charge is 2.39. The number of nitrogens with one attached hydrogen (secondary N) is 1. The molecular formula is C21H19F3N2O3. The van der Waals surface area contributed by atoms with Gasteiger partial charge in [0.15, 0.2) is 0 Å². The molecule has 1 aliphatic heterocycles. The highest BCUT2D eigenvalue weighted by atomic mass is 19.4. The van der Waals surface area contributed by atoms with Crippen LogP contribution >= 0.6 is 0 Å². The van der Waals surface area contributed by atoms with Gasteiger partial charge in [0, 0.05) is 12.8 Å². The highest BCUT2D eigenvalue weighted by Crippen LogP contribution is 2.33. The fourth-order valence-electron chi connectivity index (χ4n) is 2.98. The van der Waals surface area contributed by atoms with Gasteiger partial charge in [-0.1, -0.05) is 35.9 Å². The van der Waals surface area contributed by atoms with Gasteiger partial charge in [-0.3, -0.25) is 14.5 Å². The summed E-state index contributed by atoms with van der Waals surface area (Å²) >= 11 is 0. The Bertz CT molecular complexity index is 966. The van der Waals surface area contributed by atoms with Gasteiger partial charge in [-0.2, -0.15) is 13.2 Å². The van der Waals surface area contributed by atoms with E-state index in [9.17, 15) is 22.8 Å². The lowest BCUT2D eigenvalue weighted by atomic mass is 10.0. The summed E-state index contributed by atoms with van der Waals surface area (Å²) in [5, 5.41) is 2.73. The number of hydrogen-bond donors (Lipinski definition) is 1. The lowest BCUT2D eigenvalue weighted by Gasteiger charge is -2.15. The van der Waals surface area contributed by atoms with Crippen molar-refractivity contribution >= 4 is 23.1 Å².